The summed E-state index contributed by atoms with van der Waals surface area (Å²) in [6, 6.07) is 11.1. The number of carbonyl (C=O) groups is 1. The zero-order valence-electron chi connectivity index (χ0n) is 18.1. The SMILES string of the molecule is C=C/C=C(N=C(C)c1c(Cl)cccc1Cl)\C(C)=C/CC(=O)Nc1ccc2sc(C)nc2c1. The number of allylic oxidation sites excluding steroid dienone is 3. The van der Waals surface area contributed by atoms with E-state index in [-0.39, 0.29) is 12.3 Å². The van der Waals surface area contributed by atoms with E-state index in [0.29, 0.717) is 27.0 Å². The van der Waals surface area contributed by atoms with Crippen LogP contribution in [0.5, 0.6) is 0 Å². The minimum absolute atomic E-state index is 0.122. The standard InChI is InChI=1S/C25H23Cl2N3OS/c1-5-7-21(28-16(3)25-19(26)8-6-9-20(25)27)15(2)10-13-24(31)30-18-11-12-23-22(14-18)29-17(4)32-23/h5-12,14H,1,13H2,2-4H3,(H,30,31)/b15-10-,21-7+,28-16?. The molecule has 1 heterocycles. The molecule has 0 saturated heterocycles. The number of fused-ring (bicyclic) bond motifs is 1. The Kier molecular flexibility index (Phi) is 8.02. The molecule has 0 unspecified atom stereocenters. The molecule has 0 spiro atoms. The van der Waals surface area contributed by atoms with Crippen molar-refractivity contribution in [3.8, 4) is 0 Å². The van der Waals surface area contributed by atoms with Crippen molar-refractivity contribution in [3.05, 3.63) is 93.1 Å². The number of rotatable bonds is 7. The van der Waals surface area contributed by atoms with Crippen LogP contribution in [0.4, 0.5) is 5.69 Å². The number of aryl methyl sites for hydroxylation is 1. The molecular formula is C25H23Cl2N3OS. The molecule has 3 rings (SSSR count). The van der Waals surface area contributed by atoms with Crippen LogP contribution in [-0.4, -0.2) is 16.6 Å². The Morgan fingerprint density at radius 1 is 1.22 bits per heavy atom. The third-order valence-corrected chi connectivity index (χ3v) is 6.25. The monoisotopic (exact) mass is 483 g/mol. The van der Waals surface area contributed by atoms with Gasteiger partial charge in [-0.25, -0.2) is 4.98 Å². The maximum atomic E-state index is 12.5. The van der Waals surface area contributed by atoms with Gasteiger partial charge >= 0.3 is 0 Å². The molecule has 7 heteroatoms. The molecule has 0 radical (unpaired) electrons. The number of thiazole rings is 1. The van der Waals surface area contributed by atoms with Gasteiger partial charge in [0.15, 0.2) is 0 Å². The largest absolute Gasteiger partial charge is 0.326 e. The second-order valence-electron chi connectivity index (χ2n) is 7.14. The minimum Gasteiger partial charge on any atom is -0.326 e. The average Bonchev–Trinajstić information content (AvgIpc) is 3.11. The summed E-state index contributed by atoms with van der Waals surface area (Å²) < 4.78 is 1.10. The van der Waals surface area contributed by atoms with Crippen molar-refractivity contribution in [1.29, 1.82) is 0 Å². The van der Waals surface area contributed by atoms with E-state index in [1.54, 1.807) is 41.7 Å². The zero-order valence-corrected chi connectivity index (χ0v) is 20.4. The molecule has 0 saturated carbocycles. The van der Waals surface area contributed by atoms with E-state index in [2.05, 4.69) is 21.9 Å². The van der Waals surface area contributed by atoms with Crippen LogP contribution in [0.3, 0.4) is 0 Å². The van der Waals surface area contributed by atoms with E-state index >= 15 is 0 Å². The fourth-order valence-corrected chi connectivity index (χ4v) is 4.61. The normalized spacial score (nSPS) is 12.8. The Labute approximate surface area is 202 Å². The van der Waals surface area contributed by atoms with Crippen molar-refractivity contribution in [3.63, 3.8) is 0 Å². The van der Waals surface area contributed by atoms with E-state index in [9.17, 15) is 4.79 Å². The number of hydrogen-bond donors (Lipinski definition) is 1. The Morgan fingerprint density at radius 2 is 1.94 bits per heavy atom. The average molecular weight is 484 g/mol. The van der Waals surface area contributed by atoms with Crippen molar-refractivity contribution in [2.24, 2.45) is 4.99 Å². The third-order valence-electron chi connectivity index (χ3n) is 4.66. The summed E-state index contributed by atoms with van der Waals surface area (Å²) in [6.45, 7) is 9.48. The molecule has 0 atom stereocenters. The summed E-state index contributed by atoms with van der Waals surface area (Å²) in [7, 11) is 0. The van der Waals surface area contributed by atoms with Crippen LogP contribution in [0.1, 0.15) is 30.8 Å². The number of carbonyl (C=O) groups excluding carboxylic acids is 1. The molecular weight excluding hydrogens is 461 g/mol. The Bertz CT molecular complexity index is 1250. The predicted molar refractivity (Wildman–Crippen MR) is 138 cm³/mol. The first-order valence-electron chi connectivity index (χ1n) is 9.95. The molecule has 4 nitrogen and oxygen atoms in total. The number of benzene rings is 2. The molecule has 1 aromatic heterocycles. The van der Waals surface area contributed by atoms with E-state index in [1.807, 2.05) is 45.0 Å². The highest BCUT2D eigenvalue weighted by Crippen LogP contribution is 2.27. The highest BCUT2D eigenvalue weighted by molar-refractivity contribution is 7.18. The first-order valence-corrected chi connectivity index (χ1v) is 11.5. The highest BCUT2D eigenvalue weighted by atomic mass is 35.5. The van der Waals surface area contributed by atoms with Crippen molar-refractivity contribution >= 4 is 62.1 Å². The quantitative estimate of drug-likeness (QED) is 0.275. The maximum absolute atomic E-state index is 12.5. The summed E-state index contributed by atoms with van der Waals surface area (Å²) in [5.41, 5.74) is 4.50. The van der Waals surface area contributed by atoms with Gasteiger partial charge in [-0.3, -0.25) is 9.79 Å². The lowest BCUT2D eigenvalue weighted by Crippen LogP contribution is -2.10. The van der Waals surface area contributed by atoms with Crippen LogP contribution < -0.4 is 5.32 Å². The van der Waals surface area contributed by atoms with Crippen LogP contribution in [0.15, 0.2) is 77.5 Å². The third kappa shape index (κ3) is 5.94. The summed E-state index contributed by atoms with van der Waals surface area (Å²) in [6.07, 6.45) is 5.48. The number of aliphatic imine (C=N–C) groups is 1. The Morgan fingerprint density at radius 3 is 2.62 bits per heavy atom. The number of halogens is 2. The zero-order chi connectivity index (χ0) is 23.3. The van der Waals surface area contributed by atoms with Gasteiger partial charge in [0, 0.05) is 23.4 Å². The molecule has 3 aromatic rings. The van der Waals surface area contributed by atoms with Gasteiger partial charge in [-0.2, -0.15) is 0 Å². The summed E-state index contributed by atoms with van der Waals surface area (Å²) in [5, 5.41) is 4.98. The fraction of sp³-hybridized carbons (Fsp3) is 0.160. The van der Waals surface area contributed by atoms with Gasteiger partial charge in [0.1, 0.15) is 0 Å². The molecule has 0 aliphatic heterocycles. The van der Waals surface area contributed by atoms with Gasteiger partial charge in [-0.15, -0.1) is 11.3 Å². The van der Waals surface area contributed by atoms with Crippen molar-refractivity contribution in [2.75, 3.05) is 5.32 Å². The van der Waals surface area contributed by atoms with Crippen LogP contribution in [0.2, 0.25) is 10.0 Å². The van der Waals surface area contributed by atoms with Gasteiger partial charge in [0.05, 0.1) is 31.0 Å². The highest BCUT2D eigenvalue weighted by Gasteiger charge is 2.10. The van der Waals surface area contributed by atoms with E-state index < -0.39 is 0 Å². The summed E-state index contributed by atoms with van der Waals surface area (Å²) in [5.74, 6) is -0.122. The number of hydrogen-bond acceptors (Lipinski definition) is 4. The number of nitrogens with zero attached hydrogens (tertiary/aromatic N) is 2. The van der Waals surface area contributed by atoms with Gasteiger partial charge in [0.2, 0.25) is 5.91 Å². The second-order valence-corrected chi connectivity index (χ2v) is 9.19. The second kappa shape index (κ2) is 10.7. The van der Waals surface area contributed by atoms with Gasteiger partial charge in [-0.05, 0) is 62.8 Å². The number of nitrogens with one attached hydrogen (secondary N) is 1. The molecule has 32 heavy (non-hydrogen) atoms. The first-order chi connectivity index (χ1) is 15.3. The Balaban J connectivity index is 1.74. The molecule has 0 bridgehead atoms. The molecule has 0 aliphatic rings. The number of anilines is 1. The van der Waals surface area contributed by atoms with Crippen molar-refractivity contribution in [2.45, 2.75) is 27.2 Å². The van der Waals surface area contributed by atoms with E-state index in [4.69, 9.17) is 23.2 Å². The van der Waals surface area contributed by atoms with E-state index in [1.165, 1.54) is 0 Å². The minimum atomic E-state index is -0.122. The molecule has 0 aliphatic carbocycles. The lowest BCUT2D eigenvalue weighted by molar-refractivity contribution is -0.115. The number of amides is 1. The summed E-state index contributed by atoms with van der Waals surface area (Å²) >= 11 is 14.2. The van der Waals surface area contributed by atoms with Crippen LogP contribution in [0.25, 0.3) is 10.2 Å². The smallest absolute Gasteiger partial charge is 0.228 e. The van der Waals surface area contributed by atoms with E-state index in [0.717, 1.165) is 26.5 Å². The van der Waals surface area contributed by atoms with Gasteiger partial charge < -0.3 is 5.32 Å². The molecule has 1 amide bonds. The van der Waals surface area contributed by atoms with Gasteiger partial charge in [0.25, 0.3) is 0 Å². The topological polar surface area (TPSA) is 54.4 Å². The molecule has 164 valence electrons. The maximum Gasteiger partial charge on any atom is 0.228 e. The molecule has 0 fully saturated rings. The lowest BCUT2D eigenvalue weighted by atomic mass is 10.1. The van der Waals surface area contributed by atoms with Gasteiger partial charge in [-0.1, -0.05) is 48.0 Å². The Hall–Kier alpha value is -2.73. The van der Waals surface area contributed by atoms with Crippen molar-refractivity contribution in [1.82, 2.24) is 4.98 Å². The van der Waals surface area contributed by atoms with Crippen LogP contribution in [-0.2, 0) is 4.79 Å². The summed E-state index contributed by atoms with van der Waals surface area (Å²) in [4.78, 5) is 21.6. The van der Waals surface area contributed by atoms with Crippen LogP contribution in [0, 0.1) is 6.92 Å². The lowest BCUT2D eigenvalue weighted by Gasteiger charge is -2.09. The van der Waals surface area contributed by atoms with Crippen molar-refractivity contribution < 1.29 is 4.79 Å². The number of aromatic nitrogens is 1. The molecule has 1 N–H and O–H groups in total. The molecule has 2 aromatic carbocycles. The fourth-order valence-electron chi connectivity index (χ4n) is 3.13. The predicted octanol–water partition coefficient (Wildman–Crippen LogP) is 7.77. The first kappa shape index (κ1) is 23.9. The van der Waals surface area contributed by atoms with Crippen LogP contribution >= 0.6 is 34.5 Å².